The van der Waals surface area contributed by atoms with E-state index in [-0.39, 0.29) is 0 Å². The van der Waals surface area contributed by atoms with Crippen LogP contribution < -0.4 is 11.3 Å². The Bertz CT molecular complexity index is 314. The van der Waals surface area contributed by atoms with Crippen LogP contribution in [0.2, 0.25) is 0 Å². The molecule has 5 heteroatoms. The molecule has 0 aliphatic rings. The number of rotatable bonds is 5. The van der Waals surface area contributed by atoms with Gasteiger partial charge in [-0.15, -0.1) is 11.8 Å². The van der Waals surface area contributed by atoms with E-state index in [4.69, 9.17) is 5.84 Å². The van der Waals surface area contributed by atoms with Crippen LogP contribution in [0.3, 0.4) is 0 Å². The van der Waals surface area contributed by atoms with E-state index in [1.165, 1.54) is 0 Å². The number of hydrazine groups is 1. The standard InChI is InChI=1S/C10H18N4S/c1-4-5-15-10-8(7(2)3)9(14-11)12-6-13-10/h6-7H,4-5,11H2,1-3H3,(H,12,13,14). The molecule has 0 unspecified atom stereocenters. The molecule has 0 bridgehead atoms. The number of nitrogens with zero attached hydrogens (tertiary/aromatic N) is 2. The van der Waals surface area contributed by atoms with Crippen molar-refractivity contribution in [1.29, 1.82) is 0 Å². The highest BCUT2D eigenvalue weighted by Crippen LogP contribution is 2.30. The molecule has 0 radical (unpaired) electrons. The van der Waals surface area contributed by atoms with E-state index < -0.39 is 0 Å². The summed E-state index contributed by atoms with van der Waals surface area (Å²) in [5.74, 6) is 7.61. The molecule has 0 aliphatic carbocycles. The number of aromatic nitrogens is 2. The van der Waals surface area contributed by atoms with E-state index in [0.29, 0.717) is 5.92 Å². The third kappa shape index (κ3) is 3.07. The van der Waals surface area contributed by atoms with E-state index in [1.807, 2.05) is 0 Å². The SMILES string of the molecule is CCCSc1ncnc(NN)c1C(C)C. The Morgan fingerprint density at radius 2 is 2.20 bits per heavy atom. The van der Waals surface area contributed by atoms with Gasteiger partial charge < -0.3 is 5.43 Å². The number of hydrogen-bond acceptors (Lipinski definition) is 5. The molecule has 0 aliphatic heterocycles. The highest BCUT2D eigenvalue weighted by atomic mass is 32.2. The summed E-state index contributed by atoms with van der Waals surface area (Å²) in [5, 5.41) is 1.04. The minimum Gasteiger partial charge on any atom is -0.308 e. The van der Waals surface area contributed by atoms with Crippen molar-refractivity contribution in [3.05, 3.63) is 11.9 Å². The zero-order valence-corrected chi connectivity index (χ0v) is 10.3. The molecule has 1 aromatic heterocycles. The first-order chi connectivity index (χ1) is 7.20. The van der Waals surface area contributed by atoms with Crippen molar-refractivity contribution in [2.75, 3.05) is 11.2 Å². The number of anilines is 1. The molecule has 4 nitrogen and oxygen atoms in total. The molecule has 0 spiro atoms. The molecular formula is C10H18N4S. The highest BCUT2D eigenvalue weighted by Gasteiger charge is 2.14. The molecule has 0 saturated heterocycles. The lowest BCUT2D eigenvalue weighted by Gasteiger charge is -2.14. The summed E-state index contributed by atoms with van der Waals surface area (Å²) < 4.78 is 0. The average molecular weight is 226 g/mol. The quantitative estimate of drug-likeness (QED) is 0.349. The maximum atomic E-state index is 5.44. The third-order valence-corrected chi connectivity index (χ3v) is 3.22. The van der Waals surface area contributed by atoms with E-state index in [0.717, 1.165) is 28.6 Å². The van der Waals surface area contributed by atoms with Gasteiger partial charge in [0, 0.05) is 5.56 Å². The topological polar surface area (TPSA) is 63.8 Å². The summed E-state index contributed by atoms with van der Waals surface area (Å²) in [7, 11) is 0. The van der Waals surface area contributed by atoms with E-state index in [1.54, 1.807) is 18.1 Å². The number of nitrogen functional groups attached to an aromatic ring is 1. The summed E-state index contributed by atoms with van der Waals surface area (Å²) in [5.41, 5.74) is 3.74. The molecule has 84 valence electrons. The van der Waals surface area contributed by atoms with Gasteiger partial charge in [-0.1, -0.05) is 20.8 Å². The molecule has 1 rings (SSSR count). The van der Waals surface area contributed by atoms with Gasteiger partial charge in [0.2, 0.25) is 0 Å². The fraction of sp³-hybridized carbons (Fsp3) is 0.600. The van der Waals surface area contributed by atoms with Gasteiger partial charge in [-0.3, -0.25) is 0 Å². The van der Waals surface area contributed by atoms with Crippen LogP contribution in [0.4, 0.5) is 5.82 Å². The van der Waals surface area contributed by atoms with Crippen molar-refractivity contribution in [2.24, 2.45) is 5.84 Å². The second kappa shape index (κ2) is 5.92. The largest absolute Gasteiger partial charge is 0.308 e. The van der Waals surface area contributed by atoms with Gasteiger partial charge in [0.05, 0.1) is 0 Å². The average Bonchev–Trinajstić information content (AvgIpc) is 2.25. The minimum atomic E-state index is 0.372. The van der Waals surface area contributed by atoms with Crippen LogP contribution in [-0.2, 0) is 0 Å². The van der Waals surface area contributed by atoms with Crippen molar-refractivity contribution < 1.29 is 0 Å². The van der Waals surface area contributed by atoms with Crippen LogP contribution in [0.15, 0.2) is 11.4 Å². The van der Waals surface area contributed by atoms with Gasteiger partial charge in [-0.2, -0.15) is 0 Å². The minimum absolute atomic E-state index is 0.372. The molecule has 3 N–H and O–H groups in total. The zero-order valence-electron chi connectivity index (χ0n) is 9.45. The first kappa shape index (κ1) is 12.3. The Hall–Kier alpha value is -0.810. The zero-order chi connectivity index (χ0) is 11.3. The van der Waals surface area contributed by atoms with Crippen molar-refractivity contribution in [3.63, 3.8) is 0 Å². The maximum Gasteiger partial charge on any atom is 0.147 e. The fourth-order valence-corrected chi connectivity index (χ4v) is 2.34. The van der Waals surface area contributed by atoms with Crippen molar-refractivity contribution >= 4 is 17.6 Å². The lowest BCUT2D eigenvalue weighted by molar-refractivity contribution is 0.803. The van der Waals surface area contributed by atoms with Gasteiger partial charge in [0.25, 0.3) is 0 Å². The summed E-state index contributed by atoms with van der Waals surface area (Å²) in [6.07, 6.45) is 2.69. The molecule has 0 fully saturated rings. The summed E-state index contributed by atoms with van der Waals surface area (Å²) >= 11 is 1.76. The Balaban J connectivity index is 3.02. The Labute approximate surface area is 95.0 Å². The van der Waals surface area contributed by atoms with Crippen LogP contribution in [0.25, 0.3) is 0 Å². The first-order valence-corrected chi connectivity index (χ1v) is 6.13. The Kier molecular flexibility index (Phi) is 4.84. The van der Waals surface area contributed by atoms with Gasteiger partial charge in [-0.25, -0.2) is 15.8 Å². The lowest BCUT2D eigenvalue weighted by Crippen LogP contribution is -2.13. The summed E-state index contributed by atoms with van der Waals surface area (Å²) in [4.78, 5) is 8.43. The normalized spacial score (nSPS) is 10.7. The molecule has 0 saturated carbocycles. The Morgan fingerprint density at radius 3 is 2.73 bits per heavy atom. The number of thioether (sulfide) groups is 1. The van der Waals surface area contributed by atoms with Crippen LogP contribution >= 0.6 is 11.8 Å². The molecular weight excluding hydrogens is 208 g/mol. The second-order valence-electron chi connectivity index (χ2n) is 3.59. The third-order valence-electron chi connectivity index (χ3n) is 2.00. The van der Waals surface area contributed by atoms with Gasteiger partial charge in [0.1, 0.15) is 17.2 Å². The van der Waals surface area contributed by atoms with Crippen molar-refractivity contribution in [1.82, 2.24) is 9.97 Å². The summed E-state index contributed by atoms with van der Waals surface area (Å²) in [6.45, 7) is 6.40. The van der Waals surface area contributed by atoms with E-state index in [2.05, 4.69) is 36.2 Å². The second-order valence-corrected chi connectivity index (χ2v) is 4.67. The molecule has 0 atom stereocenters. The van der Waals surface area contributed by atoms with Crippen molar-refractivity contribution in [2.45, 2.75) is 38.1 Å². The van der Waals surface area contributed by atoms with Gasteiger partial charge in [-0.05, 0) is 18.1 Å². The first-order valence-electron chi connectivity index (χ1n) is 5.15. The van der Waals surface area contributed by atoms with Crippen LogP contribution in [0, 0.1) is 0 Å². The van der Waals surface area contributed by atoms with E-state index in [9.17, 15) is 0 Å². The fourth-order valence-electron chi connectivity index (χ4n) is 1.33. The molecule has 0 amide bonds. The van der Waals surface area contributed by atoms with Crippen LogP contribution in [0.5, 0.6) is 0 Å². The molecule has 0 aromatic carbocycles. The predicted molar refractivity (Wildman–Crippen MR) is 64.9 cm³/mol. The smallest absolute Gasteiger partial charge is 0.147 e. The lowest BCUT2D eigenvalue weighted by atomic mass is 10.1. The number of nitrogens with two attached hydrogens (primary N) is 1. The molecule has 1 aromatic rings. The number of hydrogen-bond donors (Lipinski definition) is 2. The Morgan fingerprint density at radius 1 is 1.47 bits per heavy atom. The van der Waals surface area contributed by atoms with Crippen LogP contribution in [-0.4, -0.2) is 15.7 Å². The van der Waals surface area contributed by atoms with Gasteiger partial charge >= 0.3 is 0 Å². The van der Waals surface area contributed by atoms with E-state index >= 15 is 0 Å². The monoisotopic (exact) mass is 226 g/mol. The predicted octanol–water partition coefficient (Wildman–Crippen LogP) is 2.39. The summed E-state index contributed by atoms with van der Waals surface area (Å²) in [6, 6.07) is 0. The number of nitrogens with one attached hydrogen (secondary N) is 1. The molecule has 1 heterocycles. The molecule has 15 heavy (non-hydrogen) atoms. The van der Waals surface area contributed by atoms with Gasteiger partial charge in [0.15, 0.2) is 0 Å². The van der Waals surface area contributed by atoms with Crippen LogP contribution in [0.1, 0.15) is 38.7 Å². The van der Waals surface area contributed by atoms with Crippen molar-refractivity contribution in [3.8, 4) is 0 Å². The maximum absolute atomic E-state index is 5.44. The highest BCUT2D eigenvalue weighted by molar-refractivity contribution is 7.99.